The predicted molar refractivity (Wildman–Crippen MR) is 92.0 cm³/mol. The molecule has 25 heavy (non-hydrogen) atoms. The fourth-order valence-corrected chi connectivity index (χ4v) is 2.54. The molecule has 8 nitrogen and oxygen atoms in total. The topological polar surface area (TPSA) is 97.3 Å². The van der Waals surface area contributed by atoms with Crippen LogP contribution in [-0.4, -0.2) is 72.3 Å². The van der Waals surface area contributed by atoms with E-state index in [4.69, 9.17) is 14.2 Å². The zero-order valence-corrected chi connectivity index (χ0v) is 15.9. The van der Waals surface area contributed by atoms with Crippen LogP contribution in [0, 0.1) is 0 Å². The number of nitrogens with one attached hydrogen (secondary N) is 1. The molecule has 1 unspecified atom stereocenters. The molecular weight excluding hydrogens is 328 g/mol. The van der Waals surface area contributed by atoms with Crippen molar-refractivity contribution in [2.45, 2.75) is 71.4 Å². The Labute approximate surface area is 149 Å². The highest BCUT2D eigenvalue weighted by atomic mass is 16.6. The monoisotopic (exact) mass is 360 g/mol. The molecule has 1 rings (SSSR count). The summed E-state index contributed by atoms with van der Waals surface area (Å²) in [6.07, 6.45) is 0.408. The van der Waals surface area contributed by atoms with Crippen molar-refractivity contribution >= 4 is 12.1 Å². The molecule has 3 atom stereocenters. The van der Waals surface area contributed by atoms with Crippen molar-refractivity contribution in [1.29, 1.82) is 0 Å². The van der Waals surface area contributed by atoms with E-state index in [1.807, 2.05) is 20.8 Å². The summed E-state index contributed by atoms with van der Waals surface area (Å²) in [6.45, 7) is 10.1. The number of amides is 1. The van der Waals surface area contributed by atoms with Crippen LogP contribution < -0.4 is 5.32 Å². The molecule has 8 heteroatoms. The first-order valence-electron chi connectivity index (χ1n) is 8.73. The second kappa shape index (κ2) is 9.94. The van der Waals surface area contributed by atoms with Crippen LogP contribution in [0.3, 0.4) is 0 Å². The highest BCUT2D eigenvalue weighted by molar-refractivity contribution is 5.68. The second-order valence-corrected chi connectivity index (χ2v) is 7.34. The number of aliphatic hydroxyl groups is 1. The minimum atomic E-state index is -0.656. The minimum absolute atomic E-state index is 0.0383. The van der Waals surface area contributed by atoms with Gasteiger partial charge in [-0.15, -0.1) is 0 Å². The lowest BCUT2D eigenvalue weighted by Crippen LogP contribution is -2.48. The standard InChI is InChI=1S/C17H32N2O6/c1-12(20)19(8-9-23-13(2)21)10-15-7-6-14(11-24-15)18-16(22)25-17(3,4)5/h12,14-15,20H,6-11H2,1-5H3,(H,18,22)/t12?,14-,15+/m1/s1. The van der Waals surface area contributed by atoms with Gasteiger partial charge in [0.1, 0.15) is 18.4 Å². The zero-order chi connectivity index (χ0) is 19.0. The van der Waals surface area contributed by atoms with E-state index in [9.17, 15) is 14.7 Å². The van der Waals surface area contributed by atoms with Crippen LogP contribution in [-0.2, 0) is 19.0 Å². The predicted octanol–water partition coefficient (Wildman–Crippen LogP) is 1.26. The number of carbonyl (C=O) groups excluding carboxylic acids is 2. The highest BCUT2D eigenvalue weighted by Crippen LogP contribution is 2.16. The number of esters is 1. The van der Waals surface area contributed by atoms with Gasteiger partial charge in [-0.3, -0.25) is 9.69 Å². The molecule has 2 N–H and O–H groups in total. The highest BCUT2D eigenvalue weighted by Gasteiger charge is 2.27. The number of aliphatic hydroxyl groups excluding tert-OH is 1. The molecule has 0 aromatic carbocycles. The van der Waals surface area contributed by atoms with Crippen LogP contribution in [0.15, 0.2) is 0 Å². The van der Waals surface area contributed by atoms with Gasteiger partial charge in [0.25, 0.3) is 0 Å². The zero-order valence-electron chi connectivity index (χ0n) is 15.9. The van der Waals surface area contributed by atoms with Crippen molar-refractivity contribution in [3.05, 3.63) is 0 Å². The summed E-state index contributed by atoms with van der Waals surface area (Å²) in [7, 11) is 0. The third-order valence-electron chi connectivity index (χ3n) is 3.74. The van der Waals surface area contributed by atoms with Crippen LogP contribution in [0.2, 0.25) is 0 Å². The first-order valence-corrected chi connectivity index (χ1v) is 8.73. The number of ether oxygens (including phenoxy) is 3. The number of rotatable bonds is 7. The number of nitrogens with zero attached hydrogens (tertiary/aromatic N) is 1. The van der Waals surface area contributed by atoms with E-state index in [2.05, 4.69) is 5.32 Å². The molecule has 0 aromatic heterocycles. The molecule has 1 aliphatic heterocycles. The number of hydrogen-bond acceptors (Lipinski definition) is 7. The van der Waals surface area contributed by atoms with Crippen molar-refractivity contribution < 1.29 is 28.9 Å². The molecule has 0 spiro atoms. The van der Waals surface area contributed by atoms with Crippen molar-refractivity contribution in [1.82, 2.24) is 10.2 Å². The fourth-order valence-electron chi connectivity index (χ4n) is 2.54. The Balaban J connectivity index is 2.34. The van der Waals surface area contributed by atoms with Gasteiger partial charge in [0, 0.05) is 20.0 Å². The van der Waals surface area contributed by atoms with E-state index in [1.165, 1.54) is 6.92 Å². The van der Waals surface area contributed by atoms with E-state index in [0.717, 1.165) is 12.8 Å². The molecule has 1 amide bonds. The van der Waals surface area contributed by atoms with Gasteiger partial charge < -0.3 is 24.6 Å². The lowest BCUT2D eigenvalue weighted by Gasteiger charge is -2.34. The molecule has 0 aliphatic carbocycles. The van der Waals surface area contributed by atoms with Gasteiger partial charge in [-0.1, -0.05) is 0 Å². The minimum Gasteiger partial charge on any atom is -0.465 e. The van der Waals surface area contributed by atoms with Gasteiger partial charge in [0.2, 0.25) is 0 Å². The molecule has 0 radical (unpaired) electrons. The molecule has 146 valence electrons. The summed E-state index contributed by atoms with van der Waals surface area (Å²) in [5, 5.41) is 12.7. The summed E-state index contributed by atoms with van der Waals surface area (Å²) >= 11 is 0. The van der Waals surface area contributed by atoms with Crippen molar-refractivity contribution in [3.63, 3.8) is 0 Å². The van der Waals surface area contributed by atoms with E-state index >= 15 is 0 Å². The van der Waals surface area contributed by atoms with Gasteiger partial charge in [0.15, 0.2) is 0 Å². The third kappa shape index (κ3) is 9.62. The van der Waals surface area contributed by atoms with Gasteiger partial charge in [-0.05, 0) is 40.5 Å². The van der Waals surface area contributed by atoms with Gasteiger partial charge in [-0.2, -0.15) is 0 Å². The smallest absolute Gasteiger partial charge is 0.407 e. The largest absolute Gasteiger partial charge is 0.465 e. The molecule has 1 saturated heterocycles. The molecule has 1 aliphatic rings. The summed E-state index contributed by atoms with van der Waals surface area (Å²) in [5.41, 5.74) is -0.526. The average Bonchev–Trinajstić information content (AvgIpc) is 2.45. The maximum Gasteiger partial charge on any atom is 0.407 e. The Hall–Kier alpha value is -1.38. The summed E-state index contributed by atoms with van der Waals surface area (Å²) in [6, 6.07) is -0.0767. The van der Waals surface area contributed by atoms with Gasteiger partial charge >= 0.3 is 12.1 Å². The van der Waals surface area contributed by atoms with Crippen LogP contribution in [0.5, 0.6) is 0 Å². The summed E-state index contributed by atoms with van der Waals surface area (Å²) in [5.74, 6) is -0.337. The lowest BCUT2D eigenvalue weighted by atomic mass is 10.0. The Bertz CT molecular complexity index is 427. The van der Waals surface area contributed by atoms with Crippen molar-refractivity contribution in [2.75, 3.05) is 26.3 Å². The van der Waals surface area contributed by atoms with E-state index in [1.54, 1.807) is 11.8 Å². The Kier molecular flexibility index (Phi) is 8.61. The van der Waals surface area contributed by atoms with Gasteiger partial charge in [0.05, 0.1) is 18.8 Å². The quantitative estimate of drug-likeness (QED) is 0.521. The van der Waals surface area contributed by atoms with Crippen LogP contribution >= 0.6 is 0 Å². The maximum absolute atomic E-state index is 11.8. The normalized spacial score (nSPS) is 22.4. The third-order valence-corrected chi connectivity index (χ3v) is 3.74. The van der Waals surface area contributed by atoms with E-state index in [0.29, 0.717) is 19.7 Å². The van der Waals surface area contributed by atoms with E-state index in [-0.39, 0.29) is 24.7 Å². The summed E-state index contributed by atoms with van der Waals surface area (Å²) in [4.78, 5) is 24.4. The number of hydrogen-bond donors (Lipinski definition) is 2. The average molecular weight is 360 g/mol. The molecule has 1 fully saturated rings. The first-order chi connectivity index (χ1) is 11.6. The first kappa shape index (κ1) is 21.7. The van der Waals surface area contributed by atoms with E-state index < -0.39 is 17.9 Å². The second-order valence-electron chi connectivity index (χ2n) is 7.34. The Morgan fingerprint density at radius 2 is 2.04 bits per heavy atom. The molecule has 0 bridgehead atoms. The number of alkyl carbamates (subject to hydrolysis) is 1. The fraction of sp³-hybridized carbons (Fsp3) is 0.882. The molecule has 0 saturated carbocycles. The van der Waals surface area contributed by atoms with Crippen LogP contribution in [0.4, 0.5) is 4.79 Å². The molecule has 0 aromatic rings. The number of carbonyl (C=O) groups is 2. The van der Waals surface area contributed by atoms with Crippen LogP contribution in [0.25, 0.3) is 0 Å². The maximum atomic E-state index is 11.8. The Morgan fingerprint density at radius 1 is 1.36 bits per heavy atom. The Morgan fingerprint density at radius 3 is 2.52 bits per heavy atom. The lowest BCUT2D eigenvalue weighted by molar-refractivity contribution is -0.142. The molecule has 1 heterocycles. The van der Waals surface area contributed by atoms with Gasteiger partial charge in [-0.25, -0.2) is 4.79 Å². The summed E-state index contributed by atoms with van der Waals surface area (Å²) < 4.78 is 16.0. The van der Waals surface area contributed by atoms with Crippen LogP contribution in [0.1, 0.15) is 47.5 Å². The van der Waals surface area contributed by atoms with Crippen molar-refractivity contribution in [2.24, 2.45) is 0 Å². The van der Waals surface area contributed by atoms with Crippen molar-refractivity contribution in [3.8, 4) is 0 Å². The SMILES string of the molecule is CC(=O)OCCN(C[C@@H]1CC[C@@H](NC(=O)OC(C)(C)C)CO1)C(C)O. The molecular formula is C17H32N2O6.